The molecule has 3 heterocycles. The second kappa shape index (κ2) is 7.08. The first-order valence-corrected chi connectivity index (χ1v) is 11.4. The molecule has 1 aliphatic rings. The van der Waals surface area contributed by atoms with Crippen LogP contribution in [0.15, 0.2) is 118 Å². The van der Waals surface area contributed by atoms with Gasteiger partial charge in [-0.3, -0.25) is 4.90 Å². The molecule has 0 bridgehead atoms. The molecule has 3 aromatic carbocycles. The topological polar surface area (TPSA) is 7.65 Å². The van der Waals surface area contributed by atoms with Crippen LogP contribution in [0.25, 0.3) is 16.6 Å². The van der Waals surface area contributed by atoms with E-state index in [2.05, 4.69) is 128 Å². The maximum Gasteiger partial charge on any atom is 0.130 e. The van der Waals surface area contributed by atoms with Crippen LogP contribution in [-0.2, 0) is 0 Å². The number of halogens is 1. The van der Waals surface area contributed by atoms with Crippen LogP contribution in [0, 0.1) is 0 Å². The fourth-order valence-electron chi connectivity index (χ4n) is 4.13. The third-order valence-electron chi connectivity index (χ3n) is 5.44. The highest BCUT2D eigenvalue weighted by atomic mass is 79.9. The van der Waals surface area contributed by atoms with E-state index in [1.165, 1.54) is 32.3 Å². The summed E-state index contributed by atoms with van der Waals surface area (Å²) in [5.74, 6) is 1.16. The van der Waals surface area contributed by atoms with Crippen molar-refractivity contribution in [2.45, 2.75) is 9.79 Å². The molecule has 0 radical (unpaired) electrons. The summed E-state index contributed by atoms with van der Waals surface area (Å²) in [5.41, 5.74) is 6.00. The van der Waals surface area contributed by atoms with Gasteiger partial charge in [0.2, 0.25) is 0 Å². The number of anilines is 3. The van der Waals surface area contributed by atoms with Gasteiger partial charge >= 0.3 is 0 Å². The number of hydrogen-bond acceptors (Lipinski definition) is 2. The Labute approximate surface area is 187 Å². The smallest absolute Gasteiger partial charge is 0.130 e. The molecule has 4 heteroatoms. The van der Waals surface area contributed by atoms with Crippen molar-refractivity contribution in [2.24, 2.45) is 0 Å². The molecule has 0 unspecified atom stereocenters. The van der Waals surface area contributed by atoms with Gasteiger partial charge in [-0.25, -0.2) is 0 Å². The zero-order valence-electron chi connectivity index (χ0n) is 16.0. The Bertz CT molecular complexity index is 1350. The summed E-state index contributed by atoms with van der Waals surface area (Å²) in [7, 11) is 0. The SMILES string of the molecule is Brc1ccn2c(N3c4ccccc4Sc4ccccc43)c(-c3ccccc3)cc2c1. The second-order valence-corrected chi connectivity index (χ2v) is 9.26. The van der Waals surface area contributed by atoms with Gasteiger partial charge in [0.25, 0.3) is 0 Å². The van der Waals surface area contributed by atoms with E-state index < -0.39 is 0 Å². The average molecular weight is 469 g/mol. The molecule has 0 N–H and O–H groups in total. The molecule has 0 fully saturated rings. The molecule has 0 saturated heterocycles. The predicted octanol–water partition coefficient (Wildman–Crippen LogP) is 8.30. The van der Waals surface area contributed by atoms with E-state index >= 15 is 0 Å². The minimum Gasteiger partial charge on any atom is -0.302 e. The van der Waals surface area contributed by atoms with Gasteiger partial charge in [0.15, 0.2) is 0 Å². The first-order valence-electron chi connectivity index (χ1n) is 9.82. The van der Waals surface area contributed by atoms with Crippen molar-refractivity contribution in [2.75, 3.05) is 4.90 Å². The van der Waals surface area contributed by atoms with Crippen LogP contribution in [0.3, 0.4) is 0 Å². The maximum atomic E-state index is 3.64. The van der Waals surface area contributed by atoms with Crippen LogP contribution >= 0.6 is 27.7 Å². The summed E-state index contributed by atoms with van der Waals surface area (Å²) in [6.07, 6.45) is 2.15. The Morgan fingerprint density at radius 1 is 0.667 bits per heavy atom. The fourth-order valence-corrected chi connectivity index (χ4v) is 5.54. The van der Waals surface area contributed by atoms with Gasteiger partial charge in [0, 0.05) is 31.5 Å². The van der Waals surface area contributed by atoms with Crippen molar-refractivity contribution in [3.8, 4) is 11.1 Å². The minimum absolute atomic E-state index is 1.08. The molecule has 5 aromatic rings. The van der Waals surface area contributed by atoms with Crippen LogP contribution in [0.5, 0.6) is 0 Å². The summed E-state index contributed by atoms with van der Waals surface area (Å²) in [6, 6.07) is 34.5. The van der Waals surface area contributed by atoms with Gasteiger partial charge < -0.3 is 4.40 Å². The second-order valence-electron chi connectivity index (χ2n) is 7.26. The Balaban J connectivity index is 1.72. The highest BCUT2D eigenvalue weighted by Gasteiger charge is 2.28. The highest BCUT2D eigenvalue weighted by Crippen LogP contribution is 2.53. The summed E-state index contributed by atoms with van der Waals surface area (Å²) in [6.45, 7) is 0. The molecular weight excluding hydrogens is 452 g/mol. The van der Waals surface area contributed by atoms with Crippen LogP contribution in [0.2, 0.25) is 0 Å². The number of nitrogens with zero attached hydrogens (tertiary/aromatic N) is 2. The quantitative estimate of drug-likeness (QED) is 0.252. The Kier molecular flexibility index (Phi) is 4.22. The van der Waals surface area contributed by atoms with Crippen LogP contribution in [0.4, 0.5) is 17.2 Å². The van der Waals surface area contributed by atoms with Gasteiger partial charge in [-0.1, -0.05) is 82.3 Å². The number of fused-ring (bicyclic) bond motifs is 3. The number of hydrogen-bond donors (Lipinski definition) is 0. The van der Waals surface area contributed by atoms with Gasteiger partial charge in [-0.2, -0.15) is 0 Å². The lowest BCUT2D eigenvalue weighted by Crippen LogP contribution is -2.17. The van der Waals surface area contributed by atoms with Gasteiger partial charge in [-0.05, 0) is 48.0 Å². The Morgan fingerprint density at radius 2 is 1.30 bits per heavy atom. The molecule has 0 amide bonds. The van der Waals surface area contributed by atoms with Gasteiger partial charge in [-0.15, -0.1) is 0 Å². The predicted molar refractivity (Wildman–Crippen MR) is 129 cm³/mol. The molecular formula is C26H17BrN2S. The van der Waals surface area contributed by atoms with E-state index in [0.29, 0.717) is 0 Å². The third-order valence-corrected chi connectivity index (χ3v) is 7.06. The van der Waals surface area contributed by atoms with E-state index in [9.17, 15) is 0 Å². The van der Waals surface area contributed by atoms with Gasteiger partial charge in [0.05, 0.1) is 11.4 Å². The van der Waals surface area contributed by atoms with E-state index in [1.807, 2.05) is 11.8 Å². The third kappa shape index (κ3) is 2.79. The Hall–Kier alpha value is -2.95. The summed E-state index contributed by atoms with van der Waals surface area (Å²) in [4.78, 5) is 4.94. The molecule has 0 atom stereocenters. The van der Waals surface area contributed by atoms with Crippen molar-refractivity contribution < 1.29 is 0 Å². The molecule has 2 aromatic heterocycles. The van der Waals surface area contributed by atoms with Crippen LogP contribution < -0.4 is 4.90 Å². The summed E-state index contributed by atoms with van der Waals surface area (Å²) in [5, 5.41) is 0. The van der Waals surface area contributed by atoms with Crippen LogP contribution in [-0.4, -0.2) is 4.40 Å². The molecule has 144 valence electrons. The standard InChI is InChI=1S/C26H17BrN2S/c27-19-14-15-28-20(16-19)17-21(18-8-2-1-3-9-18)26(28)29-22-10-4-6-12-24(22)30-25-13-7-5-11-23(25)29/h1-17H. The zero-order valence-corrected chi connectivity index (χ0v) is 18.4. The highest BCUT2D eigenvalue weighted by molar-refractivity contribution is 9.10. The van der Waals surface area contributed by atoms with E-state index in [4.69, 9.17) is 0 Å². The van der Waals surface area contributed by atoms with Crippen molar-refractivity contribution in [3.05, 3.63) is 108 Å². The number of benzene rings is 3. The van der Waals surface area contributed by atoms with Crippen molar-refractivity contribution in [1.29, 1.82) is 0 Å². The Morgan fingerprint density at radius 3 is 2.00 bits per heavy atom. The molecule has 0 aliphatic carbocycles. The monoisotopic (exact) mass is 468 g/mol. The van der Waals surface area contributed by atoms with E-state index in [-0.39, 0.29) is 0 Å². The molecule has 2 nitrogen and oxygen atoms in total. The lowest BCUT2D eigenvalue weighted by Gasteiger charge is -2.33. The number of rotatable bonds is 2. The average Bonchev–Trinajstić information content (AvgIpc) is 3.16. The fraction of sp³-hybridized carbons (Fsp3) is 0. The molecule has 6 rings (SSSR count). The lowest BCUT2D eigenvalue weighted by atomic mass is 10.1. The molecule has 0 spiro atoms. The number of aromatic nitrogens is 1. The van der Waals surface area contributed by atoms with Gasteiger partial charge in [0.1, 0.15) is 5.82 Å². The molecule has 0 saturated carbocycles. The van der Waals surface area contributed by atoms with Crippen LogP contribution in [0.1, 0.15) is 0 Å². The van der Waals surface area contributed by atoms with E-state index in [0.717, 1.165) is 15.8 Å². The van der Waals surface area contributed by atoms with E-state index in [1.54, 1.807) is 0 Å². The summed E-state index contributed by atoms with van der Waals surface area (Å²) >= 11 is 5.47. The lowest BCUT2D eigenvalue weighted by molar-refractivity contribution is 1.08. The van der Waals surface area contributed by atoms with Crippen molar-refractivity contribution in [1.82, 2.24) is 4.40 Å². The number of pyridine rings is 1. The number of para-hydroxylation sites is 2. The molecule has 1 aliphatic heterocycles. The zero-order chi connectivity index (χ0) is 20.1. The first-order chi connectivity index (χ1) is 14.8. The molecule has 30 heavy (non-hydrogen) atoms. The van der Waals surface area contributed by atoms with Crippen molar-refractivity contribution >= 4 is 50.4 Å². The minimum atomic E-state index is 1.08. The van der Waals surface area contributed by atoms with Crippen molar-refractivity contribution in [3.63, 3.8) is 0 Å². The summed E-state index contributed by atoms with van der Waals surface area (Å²) < 4.78 is 3.37. The maximum absolute atomic E-state index is 3.64. The largest absolute Gasteiger partial charge is 0.302 e. The first kappa shape index (κ1) is 17.9. The normalized spacial score (nSPS) is 12.6.